The van der Waals surface area contributed by atoms with Gasteiger partial charge >= 0.3 is 0 Å². The van der Waals surface area contributed by atoms with E-state index in [2.05, 4.69) is 18.7 Å². The molecule has 0 aromatic heterocycles. The van der Waals surface area contributed by atoms with E-state index < -0.39 is 0 Å². The molecule has 2 fully saturated rings. The van der Waals surface area contributed by atoms with Gasteiger partial charge in [0, 0.05) is 25.2 Å². The molecule has 1 heterocycles. The molecule has 1 saturated heterocycles. The fourth-order valence-corrected chi connectivity index (χ4v) is 2.42. The number of rotatable bonds is 1. The monoisotopic (exact) mass is 154 g/mol. The Morgan fingerprint density at radius 2 is 2.09 bits per heavy atom. The van der Waals surface area contributed by atoms with Crippen molar-refractivity contribution in [1.29, 1.82) is 0 Å². The summed E-state index contributed by atoms with van der Waals surface area (Å²) >= 11 is 0. The number of nitrogens with zero attached hydrogens (tertiary/aromatic N) is 1. The molecule has 1 saturated carbocycles. The largest absolute Gasteiger partial charge is 0.327 e. The standard InChI is InChI=1S/C9H18N2/c1-6(2)11-4-7-3-9(10)8(7)5-11/h6-9H,3-5,10H2,1-2H3/t7?,8?,9-/m0/s1. The van der Waals surface area contributed by atoms with Gasteiger partial charge in [0.2, 0.25) is 0 Å². The Labute approximate surface area is 68.7 Å². The molecule has 0 radical (unpaired) electrons. The highest BCUT2D eigenvalue weighted by Gasteiger charge is 2.45. The van der Waals surface area contributed by atoms with Crippen LogP contribution in [0.3, 0.4) is 0 Å². The van der Waals surface area contributed by atoms with Crippen molar-refractivity contribution in [2.24, 2.45) is 17.6 Å². The van der Waals surface area contributed by atoms with Crippen LogP contribution in [0.5, 0.6) is 0 Å². The van der Waals surface area contributed by atoms with Crippen molar-refractivity contribution in [3.8, 4) is 0 Å². The van der Waals surface area contributed by atoms with Crippen LogP contribution in [0.4, 0.5) is 0 Å². The van der Waals surface area contributed by atoms with Crippen molar-refractivity contribution in [1.82, 2.24) is 4.90 Å². The first kappa shape index (κ1) is 7.56. The SMILES string of the molecule is CC(C)N1CC2C[C@H](N)C2C1. The summed E-state index contributed by atoms with van der Waals surface area (Å²) in [5, 5.41) is 0. The van der Waals surface area contributed by atoms with E-state index in [1.54, 1.807) is 0 Å². The first-order valence-electron chi connectivity index (χ1n) is 4.68. The van der Waals surface area contributed by atoms with Gasteiger partial charge in [0.1, 0.15) is 0 Å². The van der Waals surface area contributed by atoms with E-state index >= 15 is 0 Å². The van der Waals surface area contributed by atoms with E-state index in [1.807, 2.05) is 0 Å². The summed E-state index contributed by atoms with van der Waals surface area (Å²) in [6.45, 7) is 7.10. The summed E-state index contributed by atoms with van der Waals surface area (Å²) in [4.78, 5) is 2.56. The molecule has 11 heavy (non-hydrogen) atoms. The first-order valence-corrected chi connectivity index (χ1v) is 4.68. The highest BCUT2D eigenvalue weighted by atomic mass is 15.2. The average molecular weight is 154 g/mol. The van der Waals surface area contributed by atoms with Crippen LogP contribution < -0.4 is 5.73 Å². The Balaban J connectivity index is 1.93. The van der Waals surface area contributed by atoms with E-state index in [0.29, 0.717) is 12.1 Å². The molecule has 0 amide bonds. The molecule has 2 heteroatoms. The van der Waals surface area contributed by atoms with Crippen LogP contribution in [0.15, 0.2) is 0 Å². The lowest BCUT2D eigenvalue weighted by molar-refractivity contribution is 0.194. The van der Waals surface area contributed by atoms with Gasteiger partial charge in [0.05, 0.1) is 0 Å². The minimum Gasteiger partial charge on any atom is -0.327 e. The van der Waals surface area contributed by atoms with Gasteiger partial charge in [-0.25, -0.2) is 0 Å². The van der Waals surface area contributed by atoms with Gasteiger partial charge < -0.3 is 10.6 Å². The predicted molar refractivity (Wildman–Crippen MR) is 46.3 cm³/mol. The zero-order chi connectivity index (χ0) is 8.01. The van der Waals surface area contributed by atoms with Gasteiger partial charge in [-0.15, -0.1) is 0 Å². The molecule has 0 aromatic rings. The quantitative estimate of drug-likeness (QED) is 0.601. The van der Waals surface area contributed by atoms with E-state index in [9.17, 15) is 0 Å². The van der Waals surface area contributed by atoms with Crippen LogP contribution in [-0.2, 0) is 0 Å². The van der Waals surface area contributed by atoms with Gasteiger partial charge in [0.15, 0.2) is 0 Å². The zero-order valence-corrected chi connectivity index (χ0v) is 7.46. The summed E-state index contributed by atoms with van der Waals surface area (Å²) in [6.07, 6.45) is 1.27. The Morgan fingerprint density at radius 3 is 2.55 bits per heavy atom. The van der Waals surface area contributed by atoms with E-state index in [4.69, 9.17) is 5.73 Å². The lowest BCUT2D eigenvalue weighted by Gasteiger charge is -2.36. The summed E-state index contributed by atoms with van der Waals surface area (Å²) < 4.78 is 0. The lowest BCUT2D eigenvalue weighted by Crippen LogP contribution is -2.46. The molecule has 0 aromatic carbocycles. The second kappa shape index (κ2) is 2.46. The molecule has 0 spiro atoms. The molecule has 1 aliphatic heterocycles. The molecule has 2 N–H and O–H groups in total. The van der Waals surface area contributed by atoms with E-state index in [0.717, 1.165) is 11.8 Å². The highest BCUT2D eigenvalue weighted by Crippen LogP contribution is 2.40. The normalized spacial score (nSPS) is 44.2. The number of fused-ring (bicyclic) bond motifs is 1. The maximum atomic E-state index is 5.90. The Morgan fingerprint density at radius 1 is 1.36 bits per heavy atom. The van der Waals surface area contributed by atoms with Crippen molar-refractivity contribution in [2.75, 3.05) is 13.1 Å². The average Bonchev–Trinajstić information content (AvgIpc) is 2.26. The fraction of sp³-hybridized carbons (Fsp3) is 1.00. The molecule has 2 nitrogen and oxygen atoms in total. The molecular formula is C9H18N2. The number of nitrogens with two attached hydrogens (primary N) is 1. The second-order valence-electron chi connectivity index (χ2n) is 4.37. The third kappa shape index (κ3) is 1.09. The summed E-state index contributed by atoms with van der Waals surface area (Å²) in [6, 6.07) is 1.23. The molecule has 0 bridgehead atoms. The third-order valence-corrected chi connectivity index (χ3v) is 3.37. The van der Waals surface area contributed by atoms with Crippen molar-refractivity contribution >= 4 is 0 Å². The van der Waals surface area contributed by atoms with E-state index in [1.165, 1.54) is 19.5 Å². The number of hydrogen-bond acceptors (Lipinski definition) is 2. The zero-order valence-electron chi connectivity index (χ0n) is 7.46. The third-order valence-electron chi connectivity index (χ3n) is 3.37. The Bertz CT molecular complexity index is 156. The minimum atomic E-state index is 0.517. The number of hydrogen-bond donors (Lipinski definition) is 1. The topological polar surface area (TPSA) is 29.3 Å². The fourth-order valence-electron chi connectivity index (χ4n) is 2.42. The minimum absolute atomic E-state index is 0.517. The first-order chi connectivity index (χ1) is 5.18. The van der Waals surface area contributed by atoms with E-state index in [-0.39, 0.29) is 0 Å². The van der Waals surface area contributed by atoms with Gasteiger partial charge in [-0.2, -0.15) is 0 Å². The van der Waals surface area contributed by atoms with Gasteiger partial charge in [-0.05, 0) is 32.1 Å². The molecule has 3 atom stereocenters. The Hall–Kier alpha value is -0.0800. The summed E-state index contributed by atoms with van der Waals surface area (Å²) in [7, 11) is 0. The molecule has 2 rings (SSSR count). The molecule has 2 aliphatic rings. The van der Waals surface area contributed by atoms with Gasteiger partial charge in [-0.3, -0.25) is 0 Å². The molecule has 2 unspecified atom stereocenters. The van der Waals surface area contributed by atoms with Crippen molar-refractivity contribution < 1.29 is 0 Å². The van der Waals surface area contributed by atoms with Crippen molar-refractivity contribution in [2.45, 2.75) is 32.4 Å². The van der Waals surface area contributed by atoms with Crippen LogP contribution in [-0.4, -0.2) is 30.1 Å². The van der Waals surface area contributed by atoms with Crippen LogP contribution in [0.1, 0.15) is 20.3 Å². The predicted octanol–water partition coefficient (Wildman–Crippen LogP) is 0.674. The van der Waals surface area contributed by atoms with Crippen LogP contribution in [0, 0.1) is 11.8 Å². The second-order valence-corrected chi connectivity index (χ2v) is 4.37. The summed E-state index contributed by atoms with van der Waals surface area (Å²) in [5.74, 6) is 1.77. The molecular weight excluding hydrogens is 136 g/mol. The molecule has 1 aliphatic carbocycles. The lowest BCUT2D eigenvalue weighted by atomic mass is 9.72. The van der Waals surface area contributed by atoms with Crippen molar-refractivity contribution in [3.63, 3.8) is 0 Å². The smallest absolute Gasteiger partial charge is 0.00857 e. The van der Waals surface area contributed by atoms with Crippen LogP contribution >= 0.6 is 0 Å². The van der Waals surface area contributed by atoms with Crippen LogP contribution in [0.2, 0.25) is 0 Å². The maximum absolute atomic E-state index is 5.90. The summed E-state index contributed by atoms with van der Waals surface area (Å²) in [5.41, 5.74) is 5.90. The highest BCUT2D eigenvalue weighted by molar-refractivity contribution is 5.00. The maximum Gasteiger partial charge on any atom is 0.00857 e. The van der Waals surface area contributed by atoms with Gasteiger partial charge in [0.25, 0.3) is 0 Å². The van der Waals surface area contributed by atoms with Crippen molar-refractivity contribution in [3.05, 3.63) is 0 Å². The van der Waals surface area contributed by atoms with Gasteiger partial charge in [-0.1, -0.05) is 0 Å². The Kier molecular flexibility index (Phi) is 1.69. The van der Waals surface area contributed by atoms with Crippen LogP contribution in [0.25, 0.3) is 0 Å². The number of likely N-dealkylation sites (tertiary alicyclic amines) is 1. The molecule has 64 valence electrons.